The van der Waals surface area contributed by atoms with Crippen LogP contribution in [0.4, 0.5) is 11.4 Å². The Morgan fingerprint density at radius 1 is 1.11 bits per heavy atom. The molecule has 2 aromatic carbocycles. The van der Waals surface area contributed by atoms with Gasteiger partial charge in [-0.1, -0.05) is 23.7 Å². The van der Waals surface area contributed by atoms with Gasteiger partial charge in [-0.3, -0.25) is 14.9 Å². The van der Waals surface area contributed by atoms with Crippen molar-refractivity contribution in [1.82, 2.24) is 4.90 Å². The third-order valence-electron chi connectivity index (χ3n) is 4.01. The lowest BCUT2D eigenvalue weighted by Gasteiger charge is -2.18. The average molecular weight is 406 g/mol. The number of amides is 1. The number of nitrogens with zero attached hydrogens (tertiary/aromatic N) is 3. The highest BCUT2D eigenvalue weighted by molar-refractivity contribution is 6.33. The van der Waals surface area contributed by atoms with Gasteiger partial charge in [-0.15, -0.1) is 0 Å². The zero-order valence-electron chi connectivity index (χ0n) is 15.7. The van der Waals surface area contributed by atoms with E-state index in [0.29, 0.717) is 6.54 Å². The van der Waals surface area contributed by atoms with Crippen molar-refractivity contribution in [2.45, 2.75) is 6.54 Å². The van der Waals surface area contributed by atoms with Gasteiger partial charge in [0.1, 0.15) is 0 Å². The zero-order valence-corrected chi connectivity index (χ0v) is 16.5. The van der Waals surface area contributed by atoms with Crippen LogP contribution < -0.4 is 4.90 Å². The first kappa shape index (κ1) is 21.2. The lowest BCUT2D eigenvalue weighted by atomic mass is 10.2. The SMILES string of the molecule is CN(Cc1ccc(N(C)C)cc1)C(=O)COC(=O)c1cc([N+](=O)[O-])ccc1Cl. The van der Waals surface area contributed by atoms with E-state index in [0.717, 1.165) is 17.3 Å². The molecule has 2 aromatic rings. The molecule has 9 heteroatoms. The van der Waals surface area contributed by atoms with E-state index < -0.39 is 23.4 Å². The summed E-state index contributed by atoms with van der Waals surface area (Å²) in [7, 11) is 5.47. The first-order chi connectivity index (χ1) is 13.2. The number of esters is 1. The van der Waals surface area contributed by atoms with Crippen LogP contribution in [-0.2, 0) is 16.1 Å². The topological polar surface area (TPSA) is 93.0 Å². The van der Waals surface area contributed by atoms with Crippen molar-refractivity contribution in [2.75, 3.05) is 32.6 Å². The number of halogens is 1. The Balaban J connectivity index is 1.94. The van der Waals surface area contributed by atoms with Crippen LogP contribution in [0.2, 0.25) is 5.02 Å². The summed E-state index contributed by atoms with van der Waals surface area (Å²) >= 11 is 5.89. The van der Waals surface area contributed by atoms with Crippen LogP contribution in [0.25, 0.3) is 0 Å². The van der Waals surface area contributed by atoms with Gasteiger partial charge in [0.25, 0.3) is 11.6 Å². The minimum atomic E-state index is -0.897. The highest BCUT2D eigenvalue weighted by Gasteiger charge is 2.19. The molecule has 0 unspecified atom stereocenters. The summed E-state index contributed by atoms with van der Waals surface area (Å²) in [6.45, 7) is -0.147. The molecule has 0 fully saturated rings. The van der Waals surface area contributed by atoms with Gasteiger partial charge in [0.15, 0.2) is 6.61 Å². The Kier molecular flexibility index (Phi) is 6.94. The standard InChI is InChI=1S/C19H20ClN3O5/c1-21(2)14-6-4-13(5-7-14)11-22(3)18(24)12-28-19(25)16-10-15(23(26)27)8-9-17(16)20/h4-10H,11-12H2,1-3H3. The van der Waals surface area contributed by atoms with Gasteiger partial charge >= 0.3 is 5.97 Å². The van der Waals surface area contributed by atoms with Crippen molar-refractivity contribution in [3.8, 4) is 0 Å². The maximum atomic E-state index is 12.2. The molecule has 1 amide bonds. The Morgan fingerprint density at radius 2 is 1.75 bits per heavy atom. The third-order valence-corrected chi connectivity index (χ3v) is 4.34. The van der Waals surface area contributed by atoms with E-state index in [1.165, 1.54) is 17.0 Å². The molecule has 0 spiro atoms. The van der Waals surface area contributed by atoms with Crippen LogP contribution in [0.15, 0.2) is 42.5 Å². The van der Waals surface area contributed by atoms with Crippen molar-refractivity contribution in [3.63, 3.8) is 0 Å². The number of non-ortho nitro benzene ring substituents is 1. The number of nitro groups is 1. The molecule has 0 N–H and O–H groups in total. The van der Waals surface area contributed by atoms with Crippen molar-refractivity contribution < 1.29 is 19.2 Å². The molecule has 0 aliphatic heterocycles. The molecule has 0 saturated heterocycles. The molecular formula is C19H20ClN3O5. The normalized spacial score (nSPS) is 10.3. The summed E-state index contributed by atoms with van der Waals surface area (Å²) in [6, 6.07) is 11.1. The minimum Gasteiger partial charge on any atom is -0.452 e. The number of nitro benzene ring substituents is 1. The van der Waals surface area contributed by atoms with Gasteiger partial charge in [0.2, 0.25) is 0 Å². The first-order valence-corrected chi connectivity index (χ1v) is 8.68. The van der Waals surface area contributed by atoms with E-state index in [9.17, 15) is 19.7 Å². The fraction of sp³-hybridized carbons (Fsp3) is 0.263. The molecule has 2 rings (SSSR count). The van der Waals surface area contributed by atoms with Gasteiger partial charge in [-0.05, 0) is 23.8 Å². The number of carbonyl (C=O) groups is 2. The van der Waals surface area contributed by atoms with Crippen LogP contribution >= 0.6 is 11.6 Å². The lowest BCUT2D eigenvalue weighted by molar-refractivity contribution is -0.384. The number of rotatable bonds is 7. The molecule has 0 heterocycles. The fourth-order valence-electron chi connectivity index (χ4n) is 2.36. The summed E-state index contributed by atoms with van der Waals surface area (Å²) in [5, 5.41) is 10.8. The van der Waals surface area contributed by atoms with Gasteiger partial charge in [-0.2, -0.15) is 0 Å². The van der Waals surface area contributed by atoms with Crippen LogP contribution in [-0.4, -0.2) is 49.4 Å². The molecule has 0 aromatic heterocycles. The van der Waals surface area contributed by atoms with E-state index in [2.05, 4.69) is 0 Å². The van der Waals surface area contributed by atoms with Crippen molar-refractivity contribution in [1.29, 1.82) is 0 Å². The first-order valence-electron chi connectivity index (χ1n) is 8.30. The molecule has 0 aliphatic rings. The average Bonchev–Trinajstić information content (AvgIpc) is 2.66. The maximum absolute atomic E-state index is 12.2. The van der Waals surface area contributed by atoms with Crippen molar-refractivity contribution >= 4 is 34.9 Å². The molecule has 148 valence electrons. The summed E-state index contributed by atoms with van der Waals surface area (Å²) in [6.07, 6.45) is 0. The van der Waals surface area contributed by atoms with Gasteiger partial charge in [0, 0.05) is 45.5 Å². The maximum Gasteiger partial charge on any atom is 0.340 e. The van der Waals surface area contributed by atoms with Crippen LogP contribution in [0, 0.1) is 10.1 Å². The molecule has 0 bridgehead atoms. The molecule has 28 heavy (non-hydrogen) atoms. The molecule has 0 radical (unpaired) electrons. The van der Waals surface area contributed by atoms with E-state index in [1.54, 1.807) is 7.05 Å². The minimum absolute atomic E-state index is 0.0115. The van der Waals surface area contributed by atoms with Crippen LogP contribution in [0.5, 0.6) is 0 Å². The monoisotopic (exact) mass is 405 g/mol. The van der Waals surface area contributed by atoms with Crippen molar-refractivity contribution in [2.24, 2.45) is 0 Å². The zero-order chi connectivity index (χ0) is 20.8. The van der Waals surface area contributed by atoms with Gasteiger partial charge < -0.3 is 14.5 Å². The van der Waals surface area contributed by atoms with E-state index in [-0.39, 0.29) is 16.3 Å². The molecular weight excluding hydrogens is 386 g/mol. The number of hydrogen-bond donors (Lipinski definition) is 0. The number of hydrogen-bond acceptors (Lipinski definition) is 6. The molecule has 8 nitrogen and oxygen atoms in total. The second kappa shape index (κ2) is 9.18. The predicted molar refractivity (Wildman–Crippen MR) is 106 cm³/mol. The summed E-state index contributed by atoms with van der Waals surface area (Å²) < 4.78 is 4.97. The van der Waals surface area contributed by atoms with Crippen LogP contribution in [0.3, 0.4) is 0 Å². The number of anilines is 1. The third kappa shape index (κ3) is 5.43. The highest BCUT2D eigenvalue weighted by atomic mass is 35.5. The second-order valence-electron chi connectivity index (χ2n) is 6.31. The molecule has 0 atom stereocenters. The van der Waals surface area contributed by atoms with E-state index >= 15 is 0 Å². The summed E-state index contributed by atoms with van der Waals surface area (Å²) in [5.74, 6) is -1.31. The van der Waals surface area contributed by atoms with E-state index in [4.69, 9.17) is 16.3 Å². The number of carbonyl (C=O) groups excluding carboxylic acids is 2. The number of ether oxygens (including phenoxy) is 1. The Labute approximate surface area is 167 Å². The summed E-state index contributed by atoms with van der Waals surface area (Å²) in [5.41, 5.74) is 1.52. The molecule has 0 aliphatic carbocycles. The van der Waals surface area contributed by atoms with E-state index in [1.807, 2.05) is 43.3 Å². The van der Waals surface area contributed by atoms with Gasteiger partial charge in [0.05, 0.1) is 15.5 Å². The Bertz CT molecular complexity index is 884. The molecule has 0 saturated carbocycles. The summed E-state index contributed by atoms with van der Waals surface area (Å²) in [4.78, 5) is 37.9. The smallest absolute Gasteiger partial charge is 0.340 e. The Hall–Kier alpha value is -3.13. The largest absolute Gasteiger partial charge is 0.452 e. The van der Waals surface area contributed by atoms with Crippen molar-refractivity contribution in [3.05, 3.63) is 68.7 Å². The predicted octanol–water partition coefficient (Wildman–Crippen LogP) is 3.13. The lowest BCUT2D eigenvalue weighted by Crippen LogP contribution is -2.30. The van der Waals surface area contributed by atoms with Crippen LogP contribution in [0.1, 0.15) is 15.9 Å². The number of benzene rings is 2. The Morgan fingerprint density at radius 3 is 2.32 bits per heavy atom. The highest BCUT2D eigenvalue weighted by Crippen LogP contribution is 2.22. The van der Waals surface area contributed by atoms with Gasteiger partial charge in [-0.25, -0.2) is 4.79 Å². The fourth-order valence-corrected chi connectivity index (χ4v) is 2.55. The quantitative estimate of drug-likeness (QED) is 0.399. The second-order valence-corrected chi connectivity index (χ2v) is 6.72. The number of likely N-dealkylation sites (N-methyl/N-ethyl adjacent to an activating group) is 1.